The first kappa shape index (κ1) is 16.4. The van der Waals surface area contributed by atoms with Gasteiger partial charge in [-0.25, -0.2) is 9.78 Å². The van der Waals surface area contributed by atoms with Gasteiger partial charge in [-0.15, -0.1) is 11.3 Å². The van der Waals surface area contributed by atoms with E-state index in [0.717, 1.165) is 49.2 Å². The molecule has 3 atom stereocenters. The van der Waals surface area contributed by atoms with Crippen LogP contribution < -0.4 is 0 Å². The Morgan fingerprint density at radius 1 is 1.35 bits per heavy atom. The van der Waals surface area contributed by atoms with Gasteiger partial charge in [-0.05, 0) is 44.9 Å². The van der Waals surface area contributed by atoms with Crippen molar-refractivity contribution >= 4 is 23.2 Å². The third-order valence-electron chi connectivity index (χ3n) is 5.11. The van der Waals surface area contributed by atoms with Crippen molar-refractivity contribution < 1.29 is 14.7 Å². The van der Waals surface area contributed by atoms with Gasteiger partial charge in [0.2, 0.25) is 0 Å². The van der Waals surface area contributed by atoms with E-state index in [-0.39, 0.29) is 11.9 Å². The highest BCUT2D eigenvalue weighted by Crippen LogP contribution is 2.41. The lowest BCUT2D eigenvalue weighted by Crippen LogP contribution is -2.46. The predicted octanol–water partition coefficient (Wildman–Crippen LogP) is 3.26. The summed E-state index contributed by atoms with van der Waals surface area (Å²) in [6, 6.07) is -0.583. The molecule has 23 heavy (non-hydrogen) atoms. The van der Waals surface area contributed by atoms with Crippen molar-refractivity contribution in [1.29, 1.82) is 0 Å². The summed E-state index contributed by atoms with van der Waals surface area (Å²) in [4.78, 5) is 31.6. The van der Waals surface area contributed by atoms with Gasteiger partial charge < -0.3 is 10.0 Å². The van der Waals surface area contributed by atoms with E-state index >= 15 is 0 Å². The molecule has 0 aromatic carbocycles. The van der Waals surface area contributed by atoms with E-state index in [4.69, 9.17) is 0 Å². The standard InChI is InChI=1S/C17H24N2O3S/c1-3-6-14-18-10(2)15(23-14)16(20)19-12-8-5-4-7-11(12)9-13(19)17(21)22/h11-13H,3-9H2,1-2H3,(H,21,22). The van der Waals surface area contributed by atoms with Crippen LogP contribution in [-0.2, 0) is 11.2 Å². The maximum Gasteiger partial charge on any atom is 0.326 e. The molecule has 1 saturated heterocycles. The highest BCUT2D eigenvalue weighted by atomic mass is 32.1. The van der Waals surface area contributed by atoms with Crippen LogP contribution in [0.2, 0.25) is 0 Å². The largest absolute Gasteiger partial charge is 0.480 e. The maximum absolute atomic E-state index is 13.1. The second-order valence-electron chi connectivity index (χ2n) is 6.69. The Labute approximate surface area is 140 Å². The Balaban J connectivity index is 1.90. The summed E-state index contributed by atoms with van der Waals surface area (Å²) in [6.45, 7) is 3.94. The highest BCUT2D eigenvalue weighted by molar-refractivity contribution is 7.13. The van der Waals surface area contributed by atoms with E-state index in [1.165, 1.54) is 11.3 Å². The molecule has 1 saturated carbocycles. The van der Waals surface area contributed by atoms with Crippen LogP contribution in [-0.4, -0.2) is 39.0 Å². The van der Waals surface area contributed by atoms with E-state index in [1.807, 2.05) is 6.92 Å². The molecule has 1 aliphatic carbocycles. The first-order valence-corrected chi connectivity index (χ1v) is 9.36. The van der Waals surface area contributed by atoms with Gasteiger partial charge in [0.1, 0.15) is 10.9 Å². The second-order valence-corrected chi connectivity index (χ2v) is 7.77. The molecule has 1 aromatic rings. The fraction of sp³-hybridized carbons (Fsp3) is 0.706. The molecule has 0 bridgehead atoms. The number of likely N-dealkylation sites (tertiary alicyclic amines) is 1. The van der Waals surface area contributed by atoms with Gasteiger partial charge in [0.05, 0.1) is 10.7 Å². The lowest BCUT2D eigenvalue weighted by atomic mass is 9.85. The predicted molar refractivity (Wildman–Crippen MR) is 88.8 cm³/mol. The number of carboxylic acid groups (broad SMARTS) is 1. The Morgan fingerprint density at radius 3 is 2.78 bits per heavy atom. The molecule has 2 fully saturated rings. The molecule has 126 valence electrons. The van der Waals surface area contributed by atoms with E-state index in [9.17, 15) is 14.7 Å². The number of aromatic nitrogens is 1. The summed E-state index contributed by atoms with van der Waals surface area (Å²) in [5, 5.41) is 10.6. The fourth-order valence-electron chi connectivity index (χ4n) is 4.06. The van der Waals surface area contributed by atoms with Crippen LogP contribution in [0.3, 0.4) is 0 Å². The summed E-state index contributed by atoms with van der Waals surface area (Å²) >= 11 is 1.44. The van der Waals surface area contributed by atoms with Crippen LogP contribution in [0.1, 0.15) is 65.8 Å². The number of fused-ring (bicyclic) bond motifs is 1. The van der Waals surface area contributed by atoms with E-state index in [0.29, 0.717) is 17.2 Å². The molecule has 2 aliphatic rings. The number of carbonyl (C=O) groups excluding carboxylic acids is 1. The summed E-state index contributed by atoms with van der Waals surface area (Å²) in [5.41, 5.74) is 0.742. The molecule has 1 aromatic heterocycles. The molecule has 6 heteroatoms. The molecular weight excluding hydrogens is 312 g/mol. The third kappa shape index (κ3) is 3.01. The van der Waals surface area contributed by atoms with Crippen LogP contribution in [0.5, 0.6) is 0 Å². The first-order chi connectivity index (χ1) is 11.0. The van der Waals surface area contributed by atoms with Crippen molar-refractivity contribution in [3.05, 3.63) is 15.6 Å². The number of rotatable bonds is 4. The summed E-state index contributed by atoms with van der Waals surface area (Å²) < 4.78 is 0. The molecule has 3 rings (SSSR count). The van der Waals surface area contributed by atoms with Crippen molar-refractivity contribution in [2.45, 2.75) is 70.9 Å². The quantitative estimate of drug-likeness (QED) is 0.916. The third-order valence-corrected chi connectivity index (χ3v) is 6.31. The molecule has 1 N–H and O–H groups in total. The second kappa shape index (κ2) is 6.59. The molecular formula is C17H24N2O3S. The van der Waals surface area contributed by atoms with Crippen LogP contribution in [0, 0.1) is 12.8 Å². The Kier molecular flexibility index (Phi) is 4.71. The number of aliphatic carboxylic acids is 1. The molecule has 2 heterocycles. The van der Waals surface area contributed by atoms with Crippen LogP contribution >= 0.6 is 11.3 Å². The fourth-order valence-corrected chi connectivity index (χ4v) is 5.17. The molecule has 3 unspecified atom stereocenters. The van der Waals surface area contributed by atoms with Gasteiger partial charge in [0.25, 0.3) is 5.91 Å². The maximum atomic E-state index is 13.1. The van der Waals surface area contributed by atoms with Gasteiger partial charge in [-0.2, -0.15) is 0 Å². The number of hydrogen-bond donors (Lipinski definition) is 1. The van der Waals surface area contributed by atoms with Gasteiger partial charge in [0, 0.05) is 6.04 Å². The summed E-state index contributed by atoms with van der Waals surface area (Å²) in [5.74, 6) is -0.648. The van der Waals surface area contributed by atoms with Crippen molar-refractivity contribution in [2.24, 2.45) is 5.92 Å². The zero-order valence-electron chi connectivity index (χ0n) is 13.7. The zero-order chi connectivity index (χ0) is 16.6. The van der Waals surface area contributed by atoms with E-state index in [2.05, 4.69) is 11.9 Å². The smallest absolute Gasteiger partial charge is 0.326 e. The topological polar surface area (TPSA) is 70.5 Å². The summed E-state index contributed by atoms with van der Waals surface area (Å²) in [6.07, 6.45) is 6.67. The first-order valence-electron chi connectivity index (χ1n) is 8.54. The normalized spacial score (nSPS) is 27.0. The van der Waals surface area contributed by atoms with Crippen molar-refractivity contribution in [2.75, 3.05) is 0 Å². The zero-order valence-corrected chi connectivity index (χ0v) is 14.6. The number of nitrogens with zero attached hydrogens (tertiary/aromatic N) is 2. The van der Waals surface area contributed by atoms with Crippen LogP contribution in [0.25, 0.3) is 0 Å². The molecule has 0 radical (unpaired) electrons. The van der Waals surface area contributed by atoms with Crippen molar-refractivity contribution in [3.8, 4) is 0 Å². The van der Waals surface area contributed by atoms with Crippen LogP contribution in [0.15, 0.2) is 0 Å². The molecule has 1 amide bonds. The minimum absolute atomic E-state index is 0.0912. The van der Waals surface area contributed by atoms with Crippen LogP contribution in [0.4, 0.5) is 0 Å². The molecule has 0 spiro atoms. The number of carboxylic acids is 1. The number of carbonyl (C=O) groups is 2. The van der Waals surface area contributed by atoms with Crippen molar-refractivity contribution in [3.63, 3.8) is 0 Å². The van der Waals surface area contributed by atoms with Gasteiger partial charge in [-0.1, -0.05) is 19.8 Å². The number of aryl methyl sites for hydroxylation is 2. The lowest BCUT2D eigenvalue weighted by Gasteiger charge is -2.32. The summed E-state index contributed by atoms with van der Waals surface area (Å²) in [7, 11) is 0. The SMILES string of the molecule is CCCc1nc(C)c(C(=O)N2C(C(=O)O)CC3CCCCC32)s1. The minimum Gasteiger partial charge on any atom is -0.480 e. The average molecular weight is 336 g/mol. The Morgan fingerprint density at radius 2 is 2.09 bits per heavy atom. The number of hydrogen-bond acceptors (Lipinski definition) is 4. The Bertz CT molecular complexity index is 613. The number of amides is 1. The van der Waals surface area contributed by atoms with E-state index in [1.54, 1.807) is 4.90 Å². The van der Waals surface area contributed by atoms with Crippen molar-refractivity contribution in [1.82, 2.24) is 9.88 Å². The van der Waals surface area contributed by atoms with Gasteiger partial charge >= 0.3 is 5.97 Å². The molecule has 1 aliphatic heterocycles. The highest BCUT2D eigenvalue weighted by Gasteiger charge is 2.48. The van der Waals surface area contributed by atoms with Gasteiger partial charge in [-0.3, -0.25) is 4.79 Å². The lowest BCUT2D eigenvalue weighted by molar-refractivity contribution is -0.141. The minimum atomic E-state index is -0.872. The average Bonchev–Trinajstić information content (AvgIpc) is 3.08. The monoisotopic (exact) mass is 336 g/mol. The Hall–Kier alpha value is -1.43. The van der Waals surface area contributed by atoms with E-state index < -0.39 is 12.0 Å². The molecule has 5 nitrogen and oxygen atoms in total. The number of thiazole rings is 1. The van der Waals surface area contributed by atoms with Gasteiger partial charge in [0.15, 0.2) is 0 Å².